The zero-order chi connectivity index (χ0) is 13.5. The van der Waals surface area contributed by atoms with Crippen LogP contribution in [0.15, 0.2) is 9.85 Å². The highest BCUT2D eigenvalue weighted by Gasteiger charge is 2.10. The lowest BCUT2D eigenvalue weighted by Crippen LogP contribution is -2.35. The number of nitrogens with one attached hydrogen (secondary N) is 1. The van der Waals surface area contributed by atoms with E-state index in [0.29, 0.717) is 6.54 Å². The fraction of sp³-hybridized carbons (Fsp3) is 0.615. The van der Waals surface area contributed by atoms with Gasteiger partial charge in [-0.3, -0.25) is 4.79 Å². The van der Waals surface area contributed by atoms with E-state index in [-0.39, 0.29) is 5.91 Å². The second-order valence-electron chi connectivity index (χ2n) is 4.26. The summed E-state index contributed by atoms with van der Waals surface area (Å²) in [5.41, 5.74) is 1.12. The first-order valence-electron chi connectivity index (χ1n) is 6.35. The Morgan fingerprint density at radius 1 is 1.44 bits per heavy atom. The summed E-state index contributed by atoms with van der Waals surface area (Å²) in [7, 11) is 0. The van der Waals surface area contributed by atoms with E-state index in [1.807, 2.05) is 13.0 Å². The SMILES string of the molecule is CCCN(CC)CCNC(=O)c1cc(C)c(Br)s1. The van der Waals surface area contributed by atoms with E-state index in [4.69, 9.17) is 0 Å². The molecule has 1 amide bonds. The Morgan fingerprint density at radius 3 is 2.67 bits per heavy atom. The summed E-state index contributed by atoms with van der Waals surface area (Å²) in [4.78, 5) is 15.0. The van der Waals surface area contributed by atoms with Gasteiger partial charge < -0.3 is 10.2 Å². The number of carbonyl (C=O) groups excluding carboxylic acids is 1. The van der Waals surface area contributed by atoms with Crippen LogP contribution >= 0.6 is 27.3 Å². The average molecular weight is 333 g/mol. The van der Waals surface area contributed by atoms with E-state index < -0.39 is 0 Å². The summed E-state index contributed by atoms with van der Waals surface area (Å²) < 4.78 is 1.04. The number of halogens is 1. The van der Waals surface area contributed by atoms with Crippen LogP contribution in [0.3, 0.4) is 0 Å². The minimum atomic E-state index is 0.0290. The molecule has 0 aromatic carbocycles. The number of hydrogen-bond donors (Lipinski definition) is 1. The Hall–Kier alpha value is -0.390. The Kier molecular flexibility index (Phi) is 6.89. The Bertz CT molecular complexity index is 373. The molecular weight excluding hydrogens is 312 g/mol. The van der Waals surface area contributed by atoms with Gasteiger partial charge in [0, 0.05) is 13.1 Å². The van der Waals surface area contributed by atoms with Gasteiger partial charge in [-0.05, 0) is 54.0 Å². The predicted octanol–water partition coefficient (Wildman–Crippen LogP) is 3.28. The smallest absolute Gasteiger partial charge is 0.261 e. The molecule has 0 unspecified atom stereocenters. The molecule has 0 saturated carbocycles. The van der Waals surface area contributed by atoms with Gasteiger partial charge in [-0.15, -0.1) is 11.3 Å². The van der Waals surface area contributed by atoms with Gasteiger partial charge in [0.15, 0.2) is 0 Å². The van der Waals surface area contributed by atoms with Gasteiger partial charge >= 0.3 is 0 Å². The maximum Gasteiger partial charge on any atom is 0.261 e. The van der Waals surface area contributed by atoms with Crippen LogP contribution in [-0.4, -0.2) is 37.0 Å². The highest BCUT2D eigenvalue weighted by atomic mass is 79.9. The lowest BCUT2D eigenvalue weighted by molar-refractivity contribution is 0.0952. The van der Waals surface area contributed by atoms with Crippen LogP contribution in [0, 0.1) is 6.92 Å². The van der Waals surface area contributed by atoms with Crippen LogP contribution in [0.5, 0.6) is 0 Å². The summed E-state index contributed by atoms with van der Waals surface area (Å²) in [5.74, 6) is 0.0290. The normalized spacial score (nSPS) is 10.9. The highest BCUT2D eigenvalue weighted by molar-refractivity contribution is 9.11. The van der Waals surface area contributed by atoms with Gasteiger partial charge in [-0.25, -0.2) is 0 Å². The van der Waals surface area contributed by atoms with E-state index in [1.165, 1.54) is 11.3 Å². The number of thiophene rings is 1. The highest BCUT2D eigenvalue weighted by Crippen LogP contribution is 2.27. The summed E-state index contributed by atoms with van der Waals surface area (Å²) in [6.07, 6.45) is 1.15. The third kappa shape index (κ3) is 4.71. The lowest BCUT2D eigenvalue weighted by Gasteiger charge is -2.19. The van der Waals surface area contributed by atoms with Gasteiger partial charge in [0.05, 0.1) is 8.66 Å². The molecule has 18 heavy (non-hydrogen) atoms. The molecule has 3 nitrogen and oxygen atoms in total. The molecule has 0 saturated heterocycles. The van der Waals surface area contributed by atoms with Crippen molar-refractivity contribution in [3.05, 3.63) is 20.3 Å². The molecule has 1 heterocycles. The monoisotopic (exact) mass is 332 g/mol. The number of likely N-dealkylation sites (N-methyl/N-ethyl adjacent to an activating group) is 1. The van der Waals surface area contributed by atoms with Gasteiger partial charge in [0.2, 0.25) is 0 Å². The molecule has 0 bridgehead atoms. The van der Waals surface area contributed by atoms with Crippen molar-refractivity contribution in [2.75, 3.05) is 26.2 Å². The first-order chi connectivity index (χ1) is 8.58. The molecule has 1 rings (SSSR count). The molecule has 5 heteroatoms. The van der Waals surface area contributed by atoms with Crippen molar-refractivity contribution in [1.82, 2.24) is 10.2 Å². The Morgan fingerprint density at radius 2 is 2.17 bits per heavy atom. The lowest BCUT2D eigenvalue weighted by atomic mass is 10.3. The first kappa shape index (κ1) is 15.7. The van der Waals surface area contributed by atoms with Crippen molar-refractivity contribution in [1.29, 1.82) is 0 Å². The molecule has 0 spiro atoms. The predicted molar refractivity (Wildman–Crippen MR) is 81.5 cm³/mol. The molecule has 1 aromatic heterocycles. The van der Waals surface area contributed by atoms with Crippen molar-refractivity contribution in [2.45, 2.75) is 27.2 Å². The molecule has 0 aliphatic rings. The molecule has 0 radical (unpaired) electrons. The maximum absolute atomic E-state index is 11.9. The van der Waals surface area contributed by atoms with Gasteiger partial charge in [-0.2, -0.15) is 0 Å². The summed E-state index contributed by atoms with van der Waals surface area (Å²) >= 11 is 4.93. The fourth-order valence-electron chi connectivity index (χ4n) is 1.73. The standard InChI is InChI=1S/C13H21BrN2OS/c1-4-7-16(5-2)8-6-15-13(17)11-9-10(3)12(14)18-11/h9H,4-8H2,1-3H3,(H,15,17). The number of carbonyl (C=O) groups is 1. The largest absolute Gasteiger partial charge is 0.350 e. The second kappa shape index (κ2) is 7.92. The topological polar surface area (TPSA) is 32.3 Å². The van der Waals surface area contributed by atoms with Crippen LogP contribution in [0.4, 0.5) is 0 Å². The zero-order valence-corrected chi connectivity index (χ0v) is 13.7. The molecule has 0 fully saturated rings. The molecule has 102 valence electrons. The Balaban J connectivity index is 2.37. The second-order valence-corrected chi connectivity index (χ2v) is 6.63. The fourth-order valence-corrected chi connectivity index (χ4v) is 3.18. The molecule has 1 aromatic rings. The summed E-state index contributed by atoms with van der Waals surface area (Å²) in [5, 5.41) is 2.97. The summed E-state index contributed by atoms with van der Waals surface area (Å²) in [6.45, 7) is 10.1. The summed E-state index contributed by atoms with van der Waals surface area (Å²) in [6, 6.07) is 1.92. The van der Waals surface area contributed by atoms with Crippen LogP contribution < -0.4 is 5.32 Å². The number of amides is 1. The number of aryl methyl sites for hydroxylation is 1. The third-order valence-electron chi connectivity index (χ3n) is 2.78. The maximum atomic E-state index is 11.9. The van der Waals surface area contributed by atoms with E-state index >= 15 is 0 Å². The van der Waals surface area contributed by atoms with Gasteiger partial charge in [0.25, 0.3) is 5.91 Å². The van der Waals surface area contributed by atoms with Gasteiger partial charge in [-0.1, -0.05) is 13.8 Å². The minimum absolute atomic E-state index is 0.0290. The Labute approximate surface area is 122 Å². The minimum Gasteiger partial charge on any atom is -0.350 e. The van der Waals surface area contributed by atoms with Crippen molar-refractivity contribution < 1.29 is 4.79 Å². The number of hydrogen-bond acceptors (Lipinski definition) is 3. The molecule has 0 atom stereocenters. The zero-order valence-electron chi connectivity index (χ0n) is 11.3. The average Bonchev–Trinajstić information content (AvgIpc) is 2.68. The first-order valence-corrected chi connectivity index (χ1v) is 7.95. The van der Waals surface area contributed by atoms with Crippen molar-refractivity contribution in [3.63, 3.8) is 0 Å². The quantitative estimate of drug-likeness (QED) is 0.830. The van der Waals surface area contributed by atoms with Crippen LogP contribution in [0.1, 0.15) is 35.5 Å². The number of nitrogens with zero attached hydrogens (tertiary/aromatic N) is 1. The molecule has 0 aliphatic heterocycles. The van der Waals surface area contributed by atoms with E-state index in [9.17, 15) is 4.79 Å². The van der Waals surface area contributed by atoms with Crippen molar-refractivity contribution in [3.8, 4) is 0 Å². The number of rotatable bonds is 7. The van der Waals surface area contributed by atoms with E-state index in [1.54, 1.807) is 0 Å². The van der Waals surface area contributed by atoms with E-state index in [0.717, 1.165) is 40.3 Å². The molecule has 0 aliphatic carbocycles. The van der Waals surface area contributed by atoms with Crippen LogP contribution in [-0.2, 0) is 0 Å². The molecule has 1 N–H and O–H groups in total. The van der Waals surface area contributed by atoms with Crippen LogP contribution in [0.2, 0.25) is 0 Å². The third-order valence-corrected chi connectivity index (χ3v) is 4.92. The van der Waals surface area contributed by atoms with Crippen LogP contribution in [0.25, 0.3) is 0 Å². The molecular formula is C13H21BrN2OS. The van der Waals surface area contributed by atoms with Crippen molar-refractivity contribution in [2.24, 2.45) is 0 Å². The van der Waals surface area contributed by atoms with Crippen molar-refractivity contribution >= 4 is 33.2 Å². The van der Waals surface area contributed by atoms with E-state index in [2.05, 4.69) is 40.0 Å². The van der Waals surface area contributed by atoms with Gasteiger partial charge in [0.1, 0.15) is 0 Å².